The van der Waals surface area contributed by atoms with E-state index in [4.69, 9.17) is 14.5 Å². The summed E-state index contributed by atoms with van der Waals surface area (Å²) in [5, 5.41) is 0. The number of ether oxygens (including phenoxy) is 2. The van der Waals surface area contributed by atoms with E-state index in [1.165, 1.54) is 44.9 Å². The summed E-state index contributed by atoms with van der Waals surface area (Å²) in [7, 11) is 3.36. The van der Waals surface area contributed by atoms with Crippen molar-refractivity contribution < 1.29 is 9.47 Å². The summed E-state index contributed by atoms with van der Waals surface area (Å²) >= 11 is 0. The predicted molar refractivity (Wildman–Crippen MR) is 104 cm³/mol. The van der Waals surface area contributed by atoms with Crippen LogP contribution in [0.2, 0.25) is 0 Å². The van der Waals surface area contributed by atoms with Gasteiger partial charge in [-0.25, -0.2) is 9.97 Å². The normalized spacial score (nSPS) is 27.7. The molecule has 2 aromatic rings. The molecule has 0 aliphatic heterocycles. The zero-order valence-electron chi connectivity index (χ0n) is 16.2. The summed E-state index contributed by atoms with van der Waals surface area (Å²) in [5.74, 6) is 4.66. The lowest BCUT2D eigenvalue weighted by molar-refractivity contribution is 0.371. The van der Waals surface area contributed by atoms with Crippen molar-refractivity contribution in [3.63, 3.8) is 0 Å². The molecule has 140 valence electrons. The van der Waals surface area contributed by atoms with Crippen LogP contribution in [-0.4, -0.2) is 24.2 Å². The maximum Gasteiger partial charge on any atom is 0.236 e. The molecule has 0 radical (unpaired) electrons. The van der Waals surface area contributed by atoms with Gasteiger partial charge in [-0.2, -0.15) is 0 Å². The molecule has 2 aliphatic carbocycles. The molecule has 0 bridgehead atoms. The molecular weight excluding hydrogens is 324 g/mol. The Labute approximate surface area is 156 Å². The van der Waals surface area contributed by atoms with Crippen LogP contribution in [0.1, 0.15) is 63.5 Å². The van der Waals surface area contributed by atoms with Crippen molar-refractivity contribution in [2.24, 2.45) is 17.8 Å². The van der Waals surface area contributed by atoms with Crippen LogP contribution in [-0.2, 0) is 0 Å². The third-order valence-corrected chi connectivity index (χ3v) is 6.52. The fourth-order valence-electron chi connectivity index (χ4n) is 4.75. The van der Waals surface area contributed by atoms with Gasteiger partial charge in [0.05, 0.1) is 25.3 Å². The van der Waals surface area contributed by atoms with Gasteiger partial charge in [0.2, 0.25) is 5.88 Å². The largest absolute Gasteiger partial charge is 0.497 e. The van der Waals surface area contributed by atoms with E-state index >= 15 is 0 Å². The maximum absolute atomic E-state index is 5.56. The first-order valence-electron chi connectivity index (χ1n) is 10.1. The van der Waals surface area contributed by atoms with Gasteiger partial charge in [-0.3, -0.25) is 0 Å². The summed E-state index contributed by atoms with van der Waals surface area (Å²) in [4.78, 5) is 9.57. The first kappa shape index (κ1) is 17.6. The van der Waals surface area contributed by atoms with E-state index in [9.17, 15) is 0 Å². The van der Waals surface area contributed by atoms with E-state index in [-0.39, 0.29) is 0 Å². The molecule has 2 aliphatic rings. The molecule has 1 heterocycles. The lowest BCUT2D eigenvalue weighted by atomic mass is 9.92. The van der Waals surface area contributed by atoms with Gasteiger partial charge in [-0.05, 0) is 42.7 Å². The van der Waals surface area contributed by atoms with E-state index in [2.05, 4.69) is 11.9 Å². The Kier molecular flexibility index (Phi) is 5.01. The molecule has 4 rings (SSSR count). The minimum atomic E-state index is 0.518. The Bertz CT molecular complexity index is 776. The van der Waals surface area contributed by atoms with Gasteiger partial charge in [0.1, 0.15) is 11.4 Å². The minimum Gasteiger partial charge on any atom is -0.497 e. The monoisotopic (exact) mass is 354 g/mol. The third kappa shape index (κ3) is 3.51. The number of fused-ring (bicyclic) bond motifs is 1. The highest BCUT2D eigenvalue weighted by Gasteiger charge is 2.41. The van der Waals surface area contributed by atoms with E-state index in [1.54, 1.807) is 14.2 Å². The summed E-state index contributed by atoms with van der Waals surface area (Å²) in [5.41, 5.74) is 2.80. The van der Waals surface area contributed by atoms with Gasteiger partial charge in [0, 0.05) is 12.0 Å². The first-order chi connectivity index (χ1) is 12.7. The molecule has 3 unspecified atom stereocenters. The maximum atomic E-state index is 5.56. The molecule has 4 heteroatoms. The van der Waals surface area contributed by atoms with Crippen LogP contribution in [0.3, 0.4) is 0 Å². The average molecular weight is 354 g/mol. The van der Waals surface area contributed by atoms with E-state index in [0.717, 1.165) is 40.2 Å². The van der Waals surface area contributed by atoms with Crippen molar-refractivity contribution >= 4 is 11.0 Å². The number of nitrogens with zero attached hydrogens (tertiary/aromatic N) is 2. The van der Waals surface area contributed by atoms with E-state index in [0.29, 0.717) is 11.8 Å². The number of hydrogen-bond acceptors (Lipinski definition) is 4. The number of hydrogen-bond donors (Lipinski definition) is 0. The van der Waals surface area contributed by atoms with Crippen molar-refractivity contribution in [2.45, 2.75) is 57.8 Å². The molecule has 0 spiro atoms. The van der Waals surface area contributed by atoms with Crippen molar-refractivity contribution in [1.29, 1.82) is 0 Å². The fourth-order valence-corrected chi connectivity index (χ4v) is 4.75. The van der Waals surface area contributed by atoms with Crippen LogP contribution in [0.25, 0.3) is 11.0 Å². The topological polar surface area (TPSA) is 44.2 Å². The molecule has 1 aromatic carbocycles. The molecule has 4 nitrogen and oxygen atoms in total. The lowest BCUT2D eigenvalue weighted by Gasteiger charge is -2.14. The van der Waals surface area contributed by atoms with Gasteiger partial charge in [0.25, 0.3) is 0 Å². The van der Waals surface area contributed by atoms with Crippen molar-refractivity contribution in [3.8, 4) is 11.6 Å². The Hall–Kier alpha value is -1.84. The Morgan fingerprint density at radius 2 is 1.85 bits per heavy atom. The van der Waals surface area contributed by atoms with Gasteiger partial charge in [0.15, 0.2) is 0 Å². The number of rotatable bonds is 7. The summed E-state index contributed by atoms with van der Waals surface area (Å²) in [6.45, 7) is 2.43. The molecule has 2 saturated carbocycles. The molecule has 0 N–H and O–H groups in total. The summed E-state index contributed by atoms with van der Waals surface area (Å²) in [6, 6.07) is 5.85. The predicted octanol–water partition coefficient (Wildman–Crippen LogP) is 5.36. The van der Waals surface area contributed by atoms with Crippen molar-refractivity contribution in [1.82, 2.24) is 9.97 Å². The van der Waals surface area contributed by atoms with Crippen LogP contribution in [0.4, 0.5) is 0 Å². The van der Waals surface area contributed by atoms with E-state index < -0.39 is 0 Å². The van der Waals surface area contributed by atoms with Crippen LogP contribution >= 0.6 is 0 Å². The molecule has 26 heavy (non-hydrogen) atoms. The van der Waals surface area contributed by atoms with Crippen molar-refractivity contribution in [3.05, 3.63) is 23.9 Å². The second kappa shape index (κ2) is 7.42. The highest BCUT2D eigenvalue weighted by Crippen LogP contribution is 2.52. The van der Waals surface area contributed by atoms with Crippen LogP contribution in [0, 0.1) is 17.8 Å². The zero-order valence-corrected chi connectivity index (χ0v) is 16.2. The Balaban J connectivity index is 1.42. The highest BCUT2D eigenvalue weighted by atomic mass is 16.5. The average Bonchev–Trinajstić information content (AvgIpc) is 3.32. The molecule has 2 fully saturated rings. The van der Waals surface area contributed by atoms with Crippen molar-refractivity contribution in [2.75, 3.05) is 14.2 Å². The quantitative estimate of drug-likeness (QED) is 0.671. The van der Waals surface area contributed by atoms with Crippen LogP contribution in [0.15, 0.2) is 18.2 Å². The minimum absolute atomic E-state index is 0.518. The second-order valence-corrected chi connectivity index (χ2v) is 8.17. The fraction of sp³-hybridized carbons (Fsp3) is 0.636. The molecule has 0 saturated heterocycles. The SMILES string of the molecule is COc1ccc2nc(C3CC3CCC[C@@H]3CCCC3C)c(OC)nc2c1. The Morgan fingerprint density at radius 1 is 1.00 bits per heavy atom. The third-order valence-electron chi connectivity index (χ3n) is 6.52. The molecule has 1 aromatic heterocycles. The smallest absolute Gasteiger partial charge is 0.236 e. The van der Waals surface area contributed by atoms with Gasteiger partial charge >= 0.3 is 0 Å². The van der Waals surface area contributed by atoms with Crippen LogP contribution < -0.4 is 9.47 Å². The van der Waals surface area contributed by atoms with Gasteiger partial charge in [-0.15, -0.1) is 0 Å². The number of aromatic nitrogens is 2. The number of benzene rings is 1. The second-order valence-electron chi connectivity index (χ2n) is 8.17. The van der Waals surface area contributed by atoms with Gasteiger partial charge < -0.3 is 9.47 Å². The lowest BCUT2D eigenvalue weighted by Crippen LogP contribution is -2.04. The molecule has 4 atom stereocenters. The first-order valence-corrected chi connectivity index (χ1v) is 10.1. The summed E-state index contributed by atoms with van der Waals surface area (Å²) in [6.07, 6.45) is 9.63. The molecular formula is C22H30N2O2. The van der Waals surface area contributed by atoms with E-state index in [1.807, 2.05) is 18.2 Å². The highest BCUT2D eigenvalue weighted by molar-refractivity contribution is 5.77. The standard InChI is InChI=1S/C22H30N2O2/c1-14-6-4-7-15(14)8-5-9-16-12-18(16)21-22(26-3)24-20-13-17(25-2)10-11-19(20)23-21/h10-11,13-16,18H,4-9,12H2,1-3H3/t14?,15-,16?,18?/m0/s1. The Morgan fingerprint density at radius 3 is 2.58 bits per heavy atom. The zero-order chi connectivity index (χ0) is 18.1. The van der Waals surface area contributed by atoms with Gasteiger partial charge in [-0.1, -0.05) is 39.0 Å². The molecule has 0 amide bonds. The summed E-state index contributed by atoms with van der Waals surface area (Å²) < 4.78 is 10.9. The number of methoxy groups -OCH3 is 2. The van der Waals surface area contributed by atoms with Crippen LogP contribution in [0.5, 0.6) is 11.6 Å².